The molecule has 2 atom stereocenters. The molecule has 1 aromatic carbocycles. The summed E-state index contributed by atoms with van der Waals surface area (Å²) in [4.78, 5) is 31.3. The highest BCUT2D eigenvalue weighted by molar-refractivity contribution is 6.09. The van der Waals surface area contributed by atoms with Crippen molar-refractivity contribution in [2.75, 3.05) is 26.7 Å². The number of pyridine rings is 1. The number of nitrogens with zero attached hydrogens (tertiary/aromatic N) is 2. The summed E-state index contributed by atoms with van der Waals surface area (Å²) < 4.78 is 7.76. The Morgan fingerprint density at radius 2 is 1.89 bits per heavy atom. The molecule has 1 fully saturated rings. The average Bonchev–Trinajstić information content (AvgIpc) is 3.14. The second-order valence-electron chi connectivity index (χ2n) is 10.3. The zero-order chi connectivity index (χ0) is 26.0. The van der Waals surface area contributed by atoms with Gasteiger partial charge in [0, 0.05) is 46.9 Å². The van der Waals surface area contributed by atoms with E-state index in [0.29, 0.717) is 23.7 Å². The predicted molar refractivity (Wildman–Crippen MR) is 143 cm³/mol. The molecule has 0 aliphatic carbocycles. The Kier molecular flexibility index (Phi) is 8.00. The molecule has 2 N–H and O–H groups in total. The van der Waals surface area contributed by atoms with E-state index in [1.807, 2.05) is 39.0 Å². The molecule has 1 aliphatic heterocycles. The van der Waals surface area contributed by atoms with Gasteiger partial charge in [0.2, 0.25) is 0 Å². The van der Waals surface area contributed by atoms with Crippen LogP contribution in [0.5, 0.6) is 5.75 Å². The number of rotatable bonds is 9. The Hall–Kier alpha value is -2.90. The fourth-order valence-electron chi connectivity index (χ4n) is 5.94. The van der Waals surface area contributed by atoms with Gasteiger partial charge < -0.3 is 24.3 Å². The van der Waals surface area contributed by atoms with E-state index in [1.165, 1.54) is 0 Å². The molecule has 0 saturated carbocycles. The largest absolute Gasteiger partial charge is 0.496 e. The standard InChI is InChI=1S/C29H39N3O4/c1-18-16-27(36-5)24(29(35)30-18)10-11-26(34)28-21(4)32(25-9-7-6-8-23(25)28)20(3)22-12-14-31(15-13-22)17-19(2)33/h6-9,16,19-20,22,33H,10-15,17H2,1-5H3,(H,30,35)/t19-,20-/m1/s1. The van der Waals surface area contributed by atoms with Crippen LogP contribution in [0.25, 0.3) is 10.9 Å². The van der Waals surface area contributed by atoms with Crippen LogP contribution in [0.3, 0.4) is 0 Å². The first-order valence-corrected chi connectivity index (χ1v) is 13.0. The molecule has 4 rings (SSSR count). The first-order chi connectivity index (χ1) is 17.2. The second-order valence-corrected chi connectivity index (χ2v) is 10.3. The van der Waals surface area contributed by atoms with Gasteiger partial charge in [-0.2, -0.15) is 0 Å². The molecule has 0 bridgehead atoms. The molecule has 2 aromatic heterocycles. The number of hydrogen-bond donors (Lipinski definition) is 2. The van der Waals surface area contributed by atoms with E-state index in [-0.39, 0.29) is 29.9 Å². The van der Waals surface area contributed by atoms with Crippen molar-refractivity contribution in [1.29, 1.82) is 0 Å². The number of β-amino-alcohol motifs (C(OH)–C–C–N with tert-alkyl or cyclic N) is 1. The molecule has 0 amide bonds. The molecule has 0 unspecified atom stereocenters. The number of carbonyl (C=O) groups excluding carboxylic acids is 1. The van der Waals surface area contributed by atoms with E-state index in [1.54, 1.807) is 13.2 Å². The van der Waals surface area contributed by atoms with E-state index in [4.69, 9.17) is 4.74 Å². The van der Waals surface area contributed by atoms with Crippen LogP contribution >= 0.6 is 0 Å². The highest BCUT2D eigenvalue weighted by atomic mass is 16.5. The summed E-state index contributed by atoms with van der Waals surface area (Å²) in [6.45, 7) is 10.7. The van der Waals surface area contributed by atoms with Gasteiger partial charge in [-0.25, -0.2) is 0 Å². The number of fused-ring (bicyclic) bond motifs is 1. The molecule has 36 heavy (non-hydrogen) atoms. The van der Waals surface area contributed by atoms with E-state index in [9.17, 15) is 14.7 Å². The van der Waals surface area contributed by atoms with Crippen molar-refractivity contribution in [1.82, 2.24) is 14.5 Å². The molecule has 7 nitrogen and oxygen atoms in total. The molecule has 7 heteroatoms. The minimum absolute atomic E-state index is 0.0448. The van der Waals surface area contributed by atoms with E-state index >= 15 is 0 Å². The average molecular weight is 494 g/mol. The SMILES string of the molecule is COc1cc(C)[nH]c(=O)c1CCC(=O)c1c(C)n([C@H](C)C2CCN(C[C@@H](C)O)CC2)c2ccccc12. The summed E-state index contributed by atoms with van der Waals surface area (Å²) in [7, 11) is 1.55. The quantitative estimate of drug-likeness (QED) is 0.431. The van der Waals surface area contributed by atoms with Crippen molar-refractivity contribution < 1.29 is 14.6 Å². The highest BCUT2D eigenvalue weighted by Crippen LogP contribution is 2.36. The van der Waals surface area contributed by atoms with Crippen LogP contribution < -0.4 is 10.3 Å². The number of piperidine rings is 1. The van der Waals surface area contributed by atoms with Crippen LogP contribution in [0.1, 0.15) is 66.5 Å². The third kappa shape index (κ3) is 5.27. The van der Waals surface area contributed by atoms with Crippen LogP contribution in [0.15, 0.2) is 35.1 Å². The Balaban J connectivity index is 1.59. The van der Waals surface area contributed by atoms with Crippen molar-refractivity contribution in [3.05, 3.63) is 63.2 Å². The monoisotopic (exact) mass is 493 g/mol. The Labute approximate surface area is 213 Å². The number of aromatic nitrogens is 2. The summed E-state index contributed by atoms with van der Waals surface area (Å²) in [6, 6.07) is 10.2. The Bertz CT molecular complexity index is 1280. The van der Waals surface area contributed by atoms with E-state index in [0.717, 1.165) is 60.3 Å². The third-order valence-electron chi connectivity index (χ3n) is 7.73. The van der Waals surface area contributed by atoms with Gasteiger partial charge in [-0.05, 0) is 78.1 Å². The first kappa shape index (κ1) is 26.2. The van der Waals surface area contributed by atoms with Gasteiger partial charge >= 0.3 is 0 Å². The van der Waals surface area contributed by atoms with Crippen LogP contribution in [0.4, 0.5) is 0 Å². The molecule has 3 heterocycles. The summed E-state index contributed by atoms with van der Waals surface area (Å²) in [5.41, 5.74) is 3.88. The van der Waals surface area contributed by atoms with Crippen LogP contribution in [0.2, 0.25) is 0 Å². The van der Waals surface area contributed by atoms with E-state index in [2.05, 4.69) is 27.4 Å². The van der Waals surface area contributed by atoms with Gasteiger partial charge in [0.05, 0.1) is 18.8 Å². The molecule has 1 saturated heterocycles. The number of hydrogen-bond acceptors (Lipinski definition) is 5. The van der Waals surface area contributed by atoms with Gasteiger partial charge in [-0.15, -0.1) is 0 Å². The number of Topliss-reactive ketones (excluding diaryl/α,β-unsaturated/α-hetero) is 1. The molecule has 194 valence electrons. The number of para-hydroxylation sites is 1. The number of aryl methyl sites for hydroxylation is 1. The number of ketones is 1. The lowest BCUT2D eigenvalue weighted by atomic mass is 9.89. The van der Waals surface area contributed by atoms with Crippen molar-refractivity contribution in [3.8, 4) is 5.75 Å². The van der Waals surface area contributed by atoms with Crippen molar-refractivity contribution in [2.45, 2.75) is 65.5 Å². The minimum Gasteiger partial charge on any atom is -0.496 e. The number of likely N-dealkylation sites (tertiary alicyclic amines) is 1. The fourth-order valence-corrected chi connectivity index (χ4v) is 5.94. The summed E-state index contributed by atoms with van der Waals surface area (Å²) in [6.07, 6.45) is 2.40. The van der Waals surface area contributed by atoms with Crippen molar-refractivity contribution >= 4 is 16.7 Å². The Morgan fingerprint density at radius 1 is 1.19 bits per heavy atom. The van der Waals surface area contributed by atoms with Crippen LogP contribution in [0, 0.1) is 19.8 Å². The van der Waals surface area contributed by atoms with Gasteiger partial charge in [0.25, 0.3) is 5.56 Å². The number of aromatic amines is 1. The number of aliphatic hydroxyl groups excluding tert-OH is 1. The molecule has 0 spiro atoms. The van der Waals surface area contributed by atoms with Gasteiger partial charge in [0.1, 0.15) is 5.75 Å². The smallest absolute Gasteiger partial charge is 0.255 e. The number of aliphatic hydroxyl groups is 1. The van der Waals surface area contributed by atoms with Gasteiger partial charge in [-0.1, -0.05) is 18.2 Å². The normalized spacial score (nSPS) is 16.8. The number of nitrogens with one attached hydrogen (secondary N) is 1. The van der Waals surface area contributed by atoms with E-state index < -0.39 is 0 Å². The lowest BCUT2D eigenvalue weighted by Crippen LogP contribution is -2.39. The number of ether oxygens (including phenoxy) is 1. The molecular weight excluding hydrogens is 454 g/mol. The summed E-state index contributed by atoms with van der Waals surface area (Å²) in [5, 5.41) is 10.7. The lowest BCUT2D eigenvalue weighted by molar-refractivity contribution is 0.0908. The van der Waals surface area contributed by atoms with Crippen LogP contribution in [-0.2, 0) is 6.42 Å². The highest BCUT2D eigenvalue weighted by Gasteiger charge is 2.29. The molecule has 0 radical (unpaired) electrons. The summed E-state index contributed by atoms with van der Waals surface area (Å²) in [5.74, 6) is 1.07. The minimum atomic E-state index is -0.307. The molecular formula is C29H39N3O4. The zero-order valence-corrected chi connectivity index (χ0v) is 22.1. The Morgan fingerprint density at radius 3 is 2.56 bits per heavy atom. The second kappa shape index (κ2) is 11.0. The molecule has 3 aromatic rings. The maximum atomic E-state index is 13.6. The topological polar surface area (TPSA) is 87.6 Å². The number of methoxy groups -OCH3 is 1. The van der Waals surface area contributed by atoms with Gasteiger partial charge in [-0.3, -0.25) is 9.59 Å². The predicted octanol–water partition coefficient (Wildman–Crippen LogP) is 4.42. The maximum absolute atomic E-state index is 13.6. The molecule has 1 aliphatic rings. The van der Waals surface area contributed by atoms with Gasteiger partial charge in [0.15, 0.2) is 5.78 Å². The number of benzene rings is 1. The number of carbonyl (C=O) groups is 1. The van der Waals surface area contributed by atoms with Crippen molar-refractivity contribution in [3.63, 3.8) is 0 Å². The number of H-pyrrole nitrogens is 1. The fraction of sp³-hybridized carbons (Fsp3) is 0.517. The maximum Gasteiger partial charge on any atom is 0.255 e. The zero-order valence-electron chi connectivity index (χ0n) is 22.1. The first-order valence-electron chi connectivity index (χ1n) is 13.0. The van der Waals surface area contributed by atoms with Crippen LogP contribution in [-0.4, -0.2) is 58.2 Å². The summed E-state index contributed by atoms with van der Waals surface area (Å²) >= 11 is 0. The third-order valence-corrected chi connectivity index (χ3v) is 7.73. The van der Waals surface area contributed by atoms with Crippen molar-refractivity contribution in [2.24, 2.45) is 5.92 Å². The lowest BCUT2D eigenvalue weighted by Gasteiger charge is -2.36.